The minimum absolute atomic E-state index is 0.000681. The van der Waals surface area contributed by atoms with Crippen LogP contribution in [-0.2, 0) is 14.3 Å². The molecule has 0 saturated carbocycles. The maximum Gasteiger partial charge on any atom is 0.295 e. The van der Waals surface area contributed by atoms with Gasteiger partial charge >= 0.3 is 0 Å². The Morgan fingerprint density at radius 3 is 2.52 bits per heavy atom. The van der Waals surface area contributed by atoms with E-state index in [1.807, 2.05) is 13.8 Å². The van der Waals surface area contributed by atoms with E-state index in [4.69, 9.17) is 25.8 Å². The largest absolute Gasteiger partial charge is 0.507 e. The summed E-state index contributed by atoms with van der Waals surface area (Å²) in [6.07, 6.45) is 0.468. The van der Waals surface area contributed by atoms with Gasteiger partial charge in [-0.25, -0.2) is 0 Å². The third-order valence-electron chi connectivity index (χ3n) is 5.25. The fourth-order valence-corrected chi connectivity index (χ4v) is 4.02. The van der Waals surface area contributed by atoms with Gasteiger partial charge in [-0.1, -0.05) is 29.8 Å². The summed E-state index contributed by atoms with van der Waals surface area (Å²) in [6, 6.07) is 10.9. The Morgan fingerprint density at radius 1 is 1.12 bits per heavy atom. The number of carbonyl (C=O) groups excluding carboxylic acids is 2. The summed E-state index contributed by atoms with van der Waals surface area (Å²) < 4.78 is 16.4. The van der Waals surface area contributed by atoms with Gasteiger partial charge in [-0.05, 0) is 50.1 Å². The fraction of sp³-hybridized carbons (Fsp3) is 0.360. The minimum atomic E-state index is -0.803. The van der Waals surface area contributed by atoms with Gasteiger partial charge in [-0.3, -0.25) is 9.59 Å². The Bertz CT molecular complexity index is 1060. The second-order valence-electron chi connectivity index (χ2n) is 7.93. The van der Waals surface area contributed by atoms with E-state index in [-0.39, 0.29) is 24.0 Å². The summed E-state index contributed by atoms with van der Waals surface area (Å²) in [5, 5.41) is 11.5. The normalized spacial score (nSPS) is 17.6. The van der Waals surface area contributed by atoms with Crippen molar-refractivity contribution in [1.82, 2.24) is 4.90 Å². The van der Waals surface area contributed by atoms with Gasteiger partial charge in [0, 0.05) is 30.8 Å². The highest BCUT2D eigenvalue weighted by Gasteiger charge is 2.46. The number of halogens is 1. The highest BCUT2D eigenvalue weighted by atomic mass is 35.5. The molecule has 0 radical (unpaired) electrons. The highest BCUT2D eigenvalue weighted by molar-refractivity contribution is 6.46. The molecule has 1 atom stereocenters. The topological polar surface area (TPSA) is 85.3 Å². The monoisotopic (exact) mass is 473 g/mol. The second kappa shape index (κ2) is 10.7. The van der Waals surface area contributed by atoms with E-state index in [0.29, 0.717) is 40.7 Å². The molecule has 7 nitrogen and oxygen atoms in total. The van der Waals surface area contributed by atoms with Crippen molar-refractivity contribution in [3.63, 3.8) is 0 Å². The van der Waals surface area contributed by atoms with Crippen molar-refractivity contribution in [1.29, 1.82) is 0 Å². The summed E-state index contributed by atoms with van der Waals surface area (Å²) >= 11 is 6.09. The van der Waals surface area contributed by atoms with Crippen LogP contribution in [0.5, 0.6) is 11.5 Å². The maximum absolute atomic E-state index is 13.1. The number of amides is 1. The number of aliphatic hydroxyl groups excluding tert-OH is 1. The molecule has 1 heterocycles. The van der Waals surface area contributed by atoms with E-state index in [2.05, 4.69) is 0 Å². The van der Waals surface area contributed by atoms with Gasteiger partial charge in [-0.2, -0.15) is 0 Å². The first kappa shape index (κ1) is 24.6. The van der Waals surface area contributed by atoms with Crippen LogP contribution in [0.1, 0.15) is 37.4 Å². The van der Waals surface area contributed by atoms with Crippen molar-refractivity contribution >= 4 is 29.1 Å². The summed E-state index contributed by atoms with van der Waals surface area (Å²) in [6.45, 7) is 4.52. The van der Waals surface area contributed by atoms with Crippen molar-refractivity contribution < 1.29 is 28.9 Å². The van der Waals surface area contributed by atoms with Gasteiger partial charge in [0.1, 0.15) is 5.76 Å². The molecular weight excluding hydrogens is 446 g/mol. The van der Waals surface area contributed by atoms with Crippen LogP contribution < -0.4 is 9.47 Å². The number of likely N-dealkylation sites (tertiary alicyclic amines) is 1. The predicted molar refractivity (Wildman–Crippen MR) is 126 cm³/mol. The number of hydrogen-bond acceptors (Lipinski definition) is 6. The maximum atomic E-state index is 13.1. The lowest BCUT2D eigenvalue weighted by molar-refractivity contribution is -0.140. The number of rotatable bonds is 9. The first-order chi connectivity index (χ1) is 15.8. The zero-order valence-electron chi connectivity index (χ0n) is 19.1. The van der Waals surface area contributed by atoms with E-state index < -0.39 is 17.7 Å². The number of aliphatic hydroxyl groups is 1. The Kier molecular flexibility index (Phi) is 8.00. The minimum Gasteiger partial charge on any atom is -0.507 e. The zero-order chi connectivity index (χ0) is 24.1. The van der Waals surface area contributed by atoms with Gasteiger partial charge < -0.3 is 24.2 Å². The van der Waals surface area contributed by atoms with Gasteiger partial charge in [-0.15, -0.1) is 0 Å². The van der Waals surface area contributed by atoms with Gasteiger partial charge in [0.2, 0.25) is 0 Å². The van der Waals surface area contributed by atoms with E-state index in [1.54, 1.807) is 49.6 Å². The molecule has 1 saturated heterocycles. The van der Waals surface area contributed by atoms with Crippen LogP contribution in [0.15, 0.2) is 48.0 Å². The molecule has 0 aliphatic carbocycles. The third kappa shape index (κ3) is 5.31. The predicted octanol–water partition coefficient (Wildman–Crippen LogP) is 4.59. The smallest absolute Gasteiger partial charge is 0.295 e. The molecule has 0 bridgehead atoms. The Labute approximate surface area is 198 Å². The number of methoxy groups -OCH3 is 2. The summed E-state index contributed by atoms with van der Waals surface area (Å²) in [4.78, 5) is 27.5. The van der Waals surface area contributed by atoms with E-state index in [1.165, 1.54) is 12.0 Å². The molecule has 1 amide bonds. The lowest BCUT2D eigenvalue weighted by Crippen LogP contribution is -2.31. The molecule has 33 heavy (non-hydrogen) atoms. The van der Waals surface area contributed by atoms with E-state index in [9.17, 15) is 14.7 Å². The fourth-order valence-electron chi connectivity index (χ4n) is 3.83. The first-order valence-corrected chi connectivity index (χ1v) is 11.0. The zero-order valence-corrected chi connectivity index (χ0v) is 19.9. The van der Waals surface area contributed by atoms with Gasteiger partial charge in [0.05, 0.1) is 24.8 Å². The van der Waals surface area contributed by atoms with Crippen LogP contribution in [-0.4, -0.2) is 55.2 Å². The van der Waals surface area contributed by atoms with Gasteiger partial charge in [0.25, 0.3) is 11.7 Å². The lowest BCUT2D eigenvalue weighted by atomic mass is 9.95. The molecular formula is C25H28ClNO6. The summed E-state index contributed by atoms with van der Waals surface area (Å²) in [5.41, 5.74) is 0.969. The Balaban J connectivity index is 2.15. The molecule has 0 spiro atoms. The molecule has 1 aliphatic heterocycles. The molecule has 1 N–H and O–H groups in total. The molecule has 1 fully saturated rings. The molecule has 0 aromatic heterocycles. The molecule has 2 aromatic rings. The number of ether oxygens (including phenoxy) is 3. The van der Waals surface area contributed by atoms with Crippen molar-refractivity contribution in [2.75, 3.05) is 27.4 Å². The summed E-state index contributed by atoms with van der Waals surface area (Å²) in [7, 11) is 3.09. The number of hydrogen-bond donors (Lipinski definition) is 1. The Morgan fingerprint density at radius 2 is 1.88 bits per heavy atom. The lowest BCUT2D eigenvalue weighted by Gasteiger charge is -2.26. The molecule has 1 unspecified atom stereocenters. The number of benzene rings is 2. The van der Waals surface area contributed by atoms with Crippen LogP contribution in [0.25, 0.3) is 5.76 Å². The van der Waals surface area contributed by atoms with Crippen LogP contribution in [0.3, 0.4) is 0 Å². The molecule has 176 valence electrons. The van der Waals surface area contributed by atoms with E-state index in [0.717, 1.165) is 0 Å². The number of nitrogens with zero attached hydrogens (tertiary/aromatic N) is 1. The number of carbonyl (C=O) groups is 2. The van der Waals surface area contributed by atoms with Crippen LogP contribution in [0, 0.1) is 0 Å². The van der Waals surface area contributed by atoms with Crippen molar-refractivity contribution in [3.05, 3.63) is 64.2 Å². The number of Topliss-reactive ketones (excluding diaryl/α,β-unsaturated/α-hetero) is 1. The van der Waals surface area contributed by atoms with Crippen LogP contribution in [0.2, 0.25) is 5.02 Å². The van der Waals surface area contributed by atoms with E-state index >= 15 is 0 Å². The third-order valence-corrected chi connectivity index (χ3v) is 5.49. The molecule has 3 rings (SSSR count). The average molecular weight is 474 g/mol. The van der Waals surface area contributed by atoms with Crippen molar-refractivity contribution in [3.8, 4) is 11.5 Å². The van der Waals surface area contributed by atoms with Crippen molar-refractivity contribution in [2.45, 2.75) is 32.4 Å². The standard InChI is InChI=1S/C25H28ClNO6/c1-15(2)33-19-10-9-16(14-20(19)32-4)22-21(23(28)17-7-5-8-18(26)13-17)24(29)25(30)27(22)11-6-12-31-3/h5,7-10,13-15,22,28H,6,11-12H2,1-4H3/b23-21-. The molecule has 2 aromatic carbocycles. The van der Waals surface area contributed by atoms with Gasteiger partial charge in [0.15, 0.2) is 11.5 Å². The second-order valence-corrected chi connectivity index (χ2v) is 8.36. The first-order valence-electron chi connectivity index (χ1n) is 10.7. The molecule has 1 aliphatic rings. The van der Waals surface area contributed by atoms with Crippen LogP contribution >= 0.6 is 11.6 Å². The average Bonchev–Trinajstić information content (AvgIpc) is 3.03. The van der Waals surface area contributed by atoms with Crippen LogP contribution in [0.4, 0.5) is 0 Å². The quantitative estimate of drug-likeness (QED) is 0.248. The highest BCUT2D eigenvalue weighted by Crippen LogP contribution is 2.42. The SMILES string of the molecule is COCCCN1C(=O)C(=O)/C(=C(\O)c2cccc(Cl)c2)C1c1ccc(OC(C)C)c(OC)c1. The van der Waals surface area contributed by atoms with Crippen molar-refractivity contribution in [2.24, 2.45) is 0 Å². The summed E-state index contributed by atoms with van der Waals surface area (Å²) in [5.74, 6) is -0.706. The Hall–Kier alpha value is -3.03. The number of ketones is 1. The molecule has 8 heteroatoms.